The Hall–Kier alpha value is -3.41. The Kier molecular flexibility index (Phi) is 4.00. The average Bonchev–Trinajstić information content (AvgIpc) is 3.33. The maximum absolute atomic E-state index is 12.6. The SMILES string of the molecule is O=C(Nc1cn[nH]c1)C1=NN(c2ccccc2)[C@@H](c2ccccc2)C1. The summed E-state index contributed by atoms with van der Waals surface area (Å²) in [7, 11) is 0. The minimum Gasteiger partial charge on any atom is -0.318 e. The van der Waals surface area contributed by atoms with Crippen molar-refractivity contribution in [2.45, 2.75) is 12.5 Å². The highest BCUT2D eigenvalue weighted by atomic mass is 16.2. The van der Waals surface area contributed by atoms with Gasteiger partial charge in [-0.1, -0.05) is 48.5 Å². The lowest BCUT2D eigenvalue weighted by atomic mass is 10.0. The summed E-state index contributed by atoms with van der Waals surface area (Å²) in [6, 6.07) is 20.0. The molecule has 0 fully saturated rings. The number of hydrazone groups is 1. The Morgan fingerprint density at radius 2 is 1.80 bits per heavy atom. The highest BCUT2D eigenvalue weighted by Gasteiger charge is 2.32. The summed E-state index contributed by atoms with van der Waals surface area (Å²) in [5, 5.41) is 15.9. The summed E-state index contributed by atoms with van der Waals surface area (Å²) in [5.41, 5.74) is 3.21. The minimum absolute atomic E-state index is 0.00583. The summed E-state index contributed by atoms with van der Waals surface area (Å²) in [6.07, 6.45) is 3.75. The fourth-order valence-corrected chi connectivity index (χ4v) is 2.92. The largest absolute Gasteiger partial charge is 0.318 e. The number of carbonyl (C=O) groups excluding carboxylic acids is 1. The number of hydrogen-bond acceptors (Lipinski definition) is 4. The lowest BCUT2D eigenvalue weighted by molar-refractivity contribution is -0.110. The van der Waals surface area contributed by atoms with Crippen molar-refractivity contribution in [3.63, 3.8) is 0 Å². The molecule has 2 aromatic carbocycles. The van der Waals surface area contributed by atoms with E-state index >= 15 is 0 Å². The van der Waals surface area contributed by atoms with Crippen molar-refractivity contribution < 1.29 is 4.79 Å². The van der Waals surface area contributed by atoms with Crippen LogP contribution in [0.5, 0.6) is 0 Å². The third-order valence-corrected chi connectivity index (χ3v) is 4.13. The molecule has 1 aliphatic rings. The number of amides is 1. The Bertz CT molecular complexity index is 875. The highest BCUT2D eigenvalue weighted by Crippen LogP contribution is 2.35. The summed E-state index contributed by atoms with van der Waals surface area (Å²) < 4.78 is 0. The number of hydrogen-bond donors (Lipinski definition) is 2. The third kappa shape index (κ3) is 3.14. The predicted molar refractivity (Wildman–Crippen MR) is 97.4 cm³/mol. The molecular formula is C19H17N5O. The van der Waals surface area contributed by atoms with Crippen LogP contribution < -0.4 is 10.3 Å². The number of rotatable bonds is 4. The van der Waals surface area contributed by atoms with E-state index in [-0.39, 0.29) is 11.9 Å². The second-order valence-electron chi connectivity index (χ2n) is 5.80. The smallest absolute Gasteiger partial charge is 0.272 e. The Morgan fingerprint density at radius 3 is 2.48 bits per heavy atom. The second-order valence-corrected chi connectivity index (χ2v) is 5.80. The predicted octanol–water partition coefficient (Wildman–Crippen LogP) is 3.36. The van der Waals surface area contributed by atoms with Crippen molar-refractivity contribution in [3.05, 3.63) is 78.6 Å². The molecular weight excluding hydrogens is 314 g/mol. The van der Waals surface area contributed by atoms with Crippen LogP contribution in [0.3, 0.4) is 0 Å². The van der Waals surface area contributed by atoms with Crippen LogP contribution in [0.1, 0.15) is 18.0 Å². The molecule has 4 rings (SSSR count). The molecule has 0 saturated heterocycles. The van der Waals surface area contributed by atoms with Gasteiger partial charge in [-0.25, -0.2) is 0 Å². The van der Waals surface area contributed by atoms with Gasteiger partial charge in [0.2, 0.25) is 0 Å². The highest BCUT2D eigenvalue weighted by molar-refractivity contribution is 6.43. The third-order valence-electron chi connectivity index (χ3n) is 4.13. The van der Waals surface area contributed by atoms with Crippen molar-refractivity contribution in [1.82, 2.24) is 10.2 Å². The van der Waals surface area contributed by atoms with Crippen LogP contribution in [0.4, 0.5) is 11.4 Å². The number of nitrogens with one attached hydrogen (secondary N) is 2. The number of aromatic amines is 1. The molecule has 0 radical (unpaired) electrons. The normalized spacial score (nSPS) is 16.6. The first-order valence-corrected chi connectivity index (χ1v) is 8.08. The zero-order valence-electron chi connectivity index (χ0n) is 13.5. The average molecular weight is 331 g/mol. The molecule has 0 unspecified atom stereocenters. The fourth-order valence-electron chi connectivity index (χ4n) is 2.92. The number of H-pyrrole nitrogens is 1. The number of anilines is 2. The summed E-state index contributed by atoms with van der Waals surface area (Å²) in [5.74, 6) is -0.208. The molecule has 1 aliphatic heterocycles. The first-order valence-electron chi connectivity index (χ1n) is 8.08. The molecule has 0 aliphatic carbocycles. The van der Waals surface area contributed by atoms with E-state index in [4.69, 9.17) is 0 Å². The zero-order chi connectivity index (χ0) is 17.1. The topological polar surface area (TPSA) is 73.4 Å². The molecule has 1 atom stereocenters. The van der Waals surface area contributed by atoms with E-state index in [1.165, 1.54) is 0 Å². The quantitative estimate of drug-likeness (QED) is 0.770. The van der Waals surface area contributed by atoms with Gasteiger partial charge in [-0.2, -0.15) is 10.2 Å². The standard InChI is InChI=1S/C19H17N5O/c25-19(22-15-12-20-21-13-15)17-11-18(14-7-3-1-4-8-14)24(23-17)16-9-5-2-6-10-16/h1-10,12-13,18H,11H2,(H,20,21)(H,22,25)/t18-/m1/s1. The van der Waals surface area contributed by atoms with E-state index in [0.29, 0.717) is 17.8 Å². The summed E-state index contributed by atoms with van der Waals surface area (Å²) in [4.78, 5) is 12.6. The van der Waals surface area contributed by atoms with Crippen LogP contribution in [0.2, 0.25) is 0 Å². The van der Waals surface area contributed by atoms with Gasteiger partial charge >= 0.3 is 0 Å². The van der Waals surface area contributed by atoms with Crippen molar-refractivity contribution in [2.24, 2.45) is 5.10 Å². The van der Waals surface area contributed by atoms with E-state index in [1.54, 1.807) is 12.4 Å². The number of para-hydroxylation sites is 1. The lowest BCUT2D eigenvalue weighted by Crippen LogP contribution is -2.21. The molecule has 6 nitrogen and oxygen atoms in total. The van der Waals surface area contributed by atoms with Gasteiger partial charge in [0.1, 0.15) is 5.71 Å². The van der Waals surface area contributed by atoms with Crippen LogP contribution in [0.25, 0.3) is 0 Å². The molecule has 25 heavy (non-hydrogen) atoms. The van der Waals surface area contributed by atoms with E-state index < -0.39 is 0 Å². The van der Waals surface area contributed by atoms with Crippen molar-refractivity contribution >= 4 is 23.0 Å². The summed E-state index contributed by atoms with van der Waals surface area (Å²) in [6.45, 7) is 0. The molecule has 1 aromatic heterocycles. The van der Waals surface area contributed by atoms with Gasteiger partial charge in [0, 0.05) is 12.6 Å². The number of aromatic nitrogens is 2. The number of carbonyl (C=O) groups is 1. The maximum atomic E-state index is 12.6. The first-order chi connectivity index (χ1) is 12.3. The Balaban J connectivity index is 1.64. The van der Waals surface area contributed by atoms with Crippen LogP contribution in [0, 0.1) is 0 Å². The van der Waals surface area contributed by atoms with Crippen LogP contribution in [0.15, 0.2) is 78.2 Å². The van der Waals surface area contributed by atoms with Crippen LogP contribution in [-0.4, -0.2) is 21.8 Å². The van der Waals surface area contributed by atoms with E-state index in [1.807, 2.05) is 53.5 Å². The van der Waals surface area contributed by atoms with Crippen LogP contribution in [-0.2, 0) is 4.79 Å². The van der Waals surface area contributed by atoms with Gasteiger partial charge in [-0.3, -0.25) is 14.9 Å². The van der Waals surface area contributed by atoms with E-state index in [2.05, 4.69) is 32.7 Å². The van der Waals surface area contributed by atoms with Crippen molar-refractivity contribution in [2.75, 3.05) is 10.3 Å². The molecule has 124 valence electrons. The number of nitrogens with zero attached hydrogens (tertiary/aromatic N) is 3. The zero-order valence-corrected chi connectivity index (χ0v) is 13.5. The Morgan fingerprint density at radius 1 is 1.08 bits per heavy atom. The molecule has 2 N–H and O–H groups in total. The molecule has 2 heterocycles. The molecule has 1 amide bonds. The van der Waals surface area contributed by atoms with Gasteiger partial charge in [0.25, 0.3) is 5.91 Å². The number of benzene rings is 2. The molecule has 0 spiro atoms. The maximum Gasteiger partial charge on any atom is 0.272 e. The van der Waals surface area contributed by atoms with Crippen molar-refractivity contribution in [3.8, 4) is 0 Å². The van der Waals surface area contributed by atoms with Gasteiger partial charge in [0.05, 0.1) is 23.6 Å². The van der Waals surface area contributed by atoms with Gasteiger partial charge in [-0.05, 0) is 17.7 Å². The molecule has 0 saturated carbocycles. The van der Waals surface area contributed by atoms with Crippen molar-refractivity contribution in [1.29, 1.82) is 0 Å². The molecule has 6 heteroatoms. The monoisotopic (exact) mass is 331 g/mol. The Labute approximate surface area is 145 Å². The molecule has 3 aromatic rings. The minimum atomic E-state index is -0.208. The van der Waals surface area contributed by atoms with Crippen LogP contribution >= 0.6 is 0 Å². The summed E-state index contributed by atoms with van der Waals surface area (Å²) >= 11 is 0. The van der Waals surface area contributed by atoms with Gasteiger partial charge in [-0.15, -0.1) is 0 Å². The van der Waals surface area contributed by atoms with E-state index in [9.17, 15) is 4.79 Å². The van der Waals surface area contributed by atoms with Gasteiger partial charge < -0.3 is 5.32 Å². The fraction of sp³-hybridized carbons (Fsp3) is 0.105. The first kappa shape index (κ1) is 15.1. The van der Waals surface area contributed by atoms with Gasteiger partial charge in [0.15, 0.2) is 0 Å². The second kappa shape index (κ2) is 6.60. The van der Waals surface area contributed by atoms with E-state index in [0.717, 1.165) is 11.3 Å². The molecule has 0 bridgehead atoms. The lowest BCUT2D eigenvalue weighted by Gasteiger charge is -2.23.